The van der Waals surface area contributed by atoms with E-state index >= 15 is 0 Å². The number of allylic oxidation sites excluding steroid dienone is 1. The van der Waals surface area contributed by atoms with Crippen LogP contribution < -0.4 is 0 Å². The van der Waals surface area contributed by atoms with Crippen molar-refractivity contribution in [2.45, 2.75) is 47.0 Å². The van der Waals surface area contributed by atoms with Crippen LogP contribution in [0.2, 0.25) is 0 Å². The van der Waals surface area contributed by atoms with Crippen LogP contribution in [-0.2, 0) is 9.47 Å². The zero-order valence-corrected chi connectivity index (χ0v) is 13.3. The number of aromatic nitrogens is 4. The van der Waals surface area contributed by atoms with E-state index in [1.165, 1.54) is 0 Å². The third kappa shape index (κ3) is 4.81. The van der Waals surface area contributed by atoms with Crippen LogP contribution in [0.3, 0.4) is 0 Å². The second kappa shape index (κ2) is 9.85. The summed E-state index contributed by atoms with van der Waals surface area (Å²) >= 11 is 0. The van der Waals surface area contributed by atoms with Crippen molar-refractivity contribution in [1.29, 1.82) is 0 Å². The van der Waals surface area contributed by atoms with Crippen LogP contribution in [0.4, 0.5) is 0 Å². The first kappa shape index (κ1) is 17.1. The fraction of sp³-hybridized carbons (Fsp3) is 0.600. The summed E-state index contributed by atoms with van der Waals surface area (Å²) in [4.78, 5) is 0. The fourth-order valence-corrected chi connectivity index (χ4v) is 1.71. The molecule has 0 spiro atoms. The molecule has 2 aliphatic heterocycles. The van der Waals surface area contributed by atoms with Crippen LogP contribution in [-0.4, -0.2) is 33.6 Å². The molecule has 0 atom stereocenters. The molecule has 0 saturated heterocycles. The van der Waals surface area contributed by atoms with Crippen LogP contribution in [0.15, 0.2) is 12.2 Å². The standard InChI is InChI=1S/C11H12N4O2.2C2H6/c1-2-6-16-8(4-1)10-12-14-11(15-13-10)9-5-3-7-17-9;2*1-2/h4-5H,1-3,6-7H2;2*1-2H3. The van der Waals surface area contributed by atoms with Crippen molar-refractivity contribution in [1.82, 2.24) is 20.4 Å². The maximum atomic E-state index is 5.44. The van der Waals surface area contributed by atoms with Gasteiger partial charge < -0.3 is 9.47 Å². The molecule has 3 rings (SSSR count). The molecule has 0 unspecified atom stereocenters. The Balaban J connectivity index is 0.000000510. The minimum Gasteiger partial charge on any atom is -0.490 e. The van der Waals surface area contributed by atoms with Gasteiger partial charge >= 0.3 is 0 Å². The van der Waals surface area contributed by atoms with Gasteiger partial charge in [0.2, 0.25) is 11.6 Å². The number of hydrogen-bond donors (Lipinski definition) is 0. The highest BCUT2D eigenvalue weighted by Crippen LogP contribution is 2.19. The van der Waals surface area contributed by atoms with Crippen LogP contribution in [0, 0.1) is 0 Å². The summed E-state index contributed by atoms with van der Waals surface area (Å²) in [5.74, 6) is 2.20. The monoisotopic (exact) mass is 292 g/mol. The van der Waals surface area contributed by atoms with Crippen LogP contribution >= 0.6 is 0 Å². The molecule has 6 heteroatoms. The highest BCUT2D eigenvalue weighted by atomic mass is 16.5. The van der Waals surface area contributed by atoms with Gasteiger partial charge in [-0.15, -0.1) is 20.4 Å². The van der Waals surface area contributed by atoms with E-state index in [1.54, 1.807) is 0 Å². The summed E-state index contributed by atoms with van der Waals surface area (Å²) in [6, 6.07) is 0. The predicted octanol–water partition coefficient (Wildman–Crippen LogP) is 3.23. The maximum Gasteiger partial charge on any atom is 0.237 e. The van der Waals surface area contributed by atoms with E-state index in [9.17, 15) is 0 Å². The summed E-state index contributed by atoms with van der Waals surface area (Å²) in [5.41, 5.74) is 0. The second-order valence-corrected chi connectivity index (χ2v) is 3.81. The zero-order valence-electron chi connectivity index (χ0n) is 13.3. The molecule has 0 saturated carbocycles. The lowest BCUT2D eigenvalue weighted by Crippen LogP contribution is -2.09. The summed E-state index contributed by atoms with van der Waals surface area (Å²) in [6.07, 6.45) is 6.80. The summed E-state index contributed by atoms with van der Waals surface area (Å²) in [5, 5.41) is 16.0. The van der Waals surface area contributed by atoms with E-state index in [0.29, 0.717) is 36.4 Å². The molecular weight excluding hydrogens is 268 g/mol. The first-order chi connectivity index (χ1) is 10.4. The third-order valence-electron chi connectivity index (χ3n) is 2.56. The molecule has 0 bridgehead atoms. The van der Waals surface area contributed by atoms with Crippen molar-refractivity contribution in [2.24, 2.45) is 0 Å². The SMILES string of the molecule is C1=C(c2nnc(C3=CCCCO3)nn2)OCC1.CC.CC. The van der Waals surface area contributed by atoms with Gasteiger partial charge in [-0.25, -0.2) is 0 Å². The van der Waals surface area contributed by atoms with Crippen molar-refractivity contribution in [3.05, 3.63) is 23.8 Å². The Morgan fingerprint density at radius 1 is 0.714 bits per heavy atom. The fourth-order valence-electron chi connectivity index (χ4n) is 1.71. The summed E-state index contributed by atoms with van der Waals surface area (Å²) < 4.78 is 10.8. The highest BCUT2D eigenvalue weighted by molar-refractivity contribution is 5.55. The normalized spacial score (nSPS) is 16.0. The van der Waals surface area contributed by atoms with E-state index in [0.717, 1.165) is 19.3 Å². The van der Waals surface area contributed by atoms with Gasteiger partial charge in [-0.2, -0.15) is 0 Å². The molecule has 6 nitrogen and oxygen atoms in total. The van der Waals surface area contributed by atoms with Crippen molar-refractivity contribution < 1.29 is 9.47 Å². The molecule has 0 amide bonds. The molecular formula is C15H24N4O2. The number of nitrogens with zero attached hydrogens (tertiary/aromatic N) is 4. The van der Waals surface area contributed by atoms with Crippen molar-refractivity contribution in [2.75, 3.05) is 13.2 Å². The number of hydrogen-bond acceptors (Lipinski definition) is 6. The third-order valence-corrected chi connectivity index (χ3v) is 2.56. The summed E-state index contributed by atoms with van der Waals surface area (Å²) in [7, 11) is 0. The Morgan fingerprint density at radius 2 is 1.19 bits per heavy atom. The average Bonchev–Trinajstić information content (AvgIpc) is 3.14. The molecule has 0 aromatic carbocycles. The Morgan fingerprint density at radius 3 is 1.57 bits per heavy atom. The van der Waals surface area contributed by atoms with Crippen molar-refractivity contribution in [3.8, 4) is 0 Å². The summed E-state index contributed by atoms with van der Waals surface area (Å²) in [6.45, 7) is 9.37. The molecule has 116 valence electrons. The van der Waals surface area contributed by atoms with Crippen LogP contribution in [0.5, 0.6) is 0 Å². The lowest BCUT2D eigenvalue weighted by Gasteiger charge is -2.12. The Bertz CT molecular complexity index is 469. The molecule has 0 N–H and O–H groups in total. The Hall–Kier alpha value is -1.98. The van der Waals surface area contributed by atoms with E-state index in [4.69, 9.17) is 9.47 Å². The Kier molecular flexibility index (Phi) is 8.01. The van der Waals surface area contributed by atoms with Crippen molar-refractivity contribution in [3.63, 3.8) is 0 Å². The van der Waals surface area contributed by atoms with E-state index in [-0.39, 0.29) is 0 Å². The minimum atomic E-state index is 0.433. The second-order valence-electron chi connectivity index (χ2n) is 3.81. The van der Waals surface area contributed by atoms with E-state index < -0.39 is 0 Å². The van der Waals surface area contributed by atoms with Gasteiger partial charge in [-0.1, -0.05) is 27.7 Å². The topological polar surface area (TPSA) is 70.0 Å². The van der Waals surface area contributed by atoms with Gasteiger partial charge in [0.05, 0.1) is 13.2 Å². The zero-order chi connectivity index (χ0) is 15.5. The van der Waals surface area contributed by atoms with Gasteiger partial charge in [0.1, 0.15) is 0 Å². The molecule has 2 aliphatic rings. The van der Waals surface area contributed by atoms with Crippen molar-refractivity contribution >= 4 is 11.5 Å². The largest absolute Gasteiger partial charge is 0.490 e. The first-order valence-corrected chi connectivity index (χ1v) is 7.67. The van der Waals surface area contributed by atoms with Gasteiger partial charge in [0.25, 0.3) is 0 Å². The molecule has 1 aromatic rings. The maximum absolute atomic E-state index is 5.44. The average molecular weight is 292 g/mol. The van der Waals surface area contributed by atoms with E-state index in [1.807, 2.05) is 39.8 Å². The quantitative estimate of drug-likeness (QED) is 0.833. The minimum absolute atomic E-state index is 0.433. The van der Waals surface area contributed by atoms with Crippen LogP contribution in [0.25, 0.3) is 11.5 Å². The lowest BCUT2D eigenvalue weighted by molar-refractivity contribution is 0.255. The predicted molar refractivity (Wildman–Crippen MR) is 82.0 cm³/mol. The molecule has 21 heavy (non-hydrogen) atoms. The first-order valence-electron chi connectivity index (χ1n) is 7.67. The molecule has 0 radical (unpaired) electrons. The number of ether oxygens (including phenoxy) is 2. The Labute approximate surface area is 126 Å². The highest BCUT2D eigenvalue weighted by Gasteiger charge is 2.15. The molecule has 1 aromatic heterocycles. The van der Waals surface area contributed by atoms with Gasteiger partial charge in [-0.05, 0) is 25.0 Å². The lowest BCUT2D eigenvalue weighted by atomic mass is 10.2. The number of rotatable bonds is 2. The molecule has 3 heterocycles. The smallest absolute Gasteiger partial charge is 0.237 e. The molecule has 0 aliphatic carbocycles. The van der Waals surface area contributed by atoms with Gasteiger partial charge in [-0.3, -0.25) is 0 Å². The molecule has 0 fully saturated rings. The van der Waals surface area contributed by atoms with E-state index in [2.05, 4.69) is 20.4 Å². The van der Waals surface area contributed by atoms with Crippen LogP contribution in [0.1, 0.15) is 58.6 Å². The van der Waals surface area contributed by atoms with Gasteiger partial charge in [0.15, 0.2) is 11.5 Å². The van der Waals surface area contributed by atoms with Gasteiger partial charge in [0, 0.05) is 6.42 Å².